The minimum atomic E-state index is -0.917. The average Bonchev–Trinajstić information content (AvgIpc) is 3.10. The van der Waals surface area contributed by atoms with Crippen LogP contribution in [0.15, 0.2) is 18.3 Å². The molecule has 0 saturated carbocycles. The SMILES string of the molecule is Fc1cc2ncc(N3CCC(c4nn[nH]n4)CC3)nc2cc1F. The molecule has 1 aliphatic rings. The van der Waals surface area contributed by atoms with E-state index in [0.717, 1.165) is 43.9 Å². The molecule has 118 valence electrons. The number of halogens is 2. The van der Waals surface area contributed by atoms with Crippen LogP contribution in [0, 0.1) is 11.6 Å². The van der Waals surface area contributed by atoms with Crippen molar-refractivity contribution >= 4 is 16.9 Å². The Morgan fingerprint density at radius 2 is 1.83 bits per heavy atom. The zero-order valence-electron chi connectivity index (χ0n) is 12.1. The van der Waals surface area contributed by atoms with E-state index in [9.17, 15) is 8.78 Å². The second kappa shape index (κ2) is 5.49. The number of anilines is 1. The fourth-order valence-electron chi connectivity index (χ4n) is 2.86. The molecule has 1 N–H and O–H groups in total. The number of aromatic nitrogens is 6. The highest BCUT2D eigenvalue weighted by Crippen LogP contribution is 2.28. The van der Waals surface area contributed by atoms with E-state index in [1.54, 1.807) is 6.20 Å². The number of rotatable bonds is 2. The number of tetrazole rings is 1. The van der Waals surface area contributed by atoms with Gasteiger partial charge in [0.2, 0.25) is 0 Å². The number of H-pyrrole nitrogens is 1. The van der Waals surface area contributed by atoms with E-state index in [1.807, 2.05) is 0 Å². The van der Waals surface area contributed by atoms with Gasteiger partial charge in [0.1, 0.15) is 5.82 Å². The molecular formula is C14H13F2N7. The van der Waals surface area contributed by atoms with Crippen molar-refractivity contribution < 1.29 is 8.78 Å². The van der Waals surface area contributed by atoms with Gasteiger partial charge in [0, 0.05) is 31.1 Å². The van der Waals surface area contributed by atoms with Crippen LogP contribution < -0.4 is 4.90 Å². The number of nitrogens with one attached hydrogen (secondary N) is 1. The predicted octanol–water partition coefficient (Wildman–Crippen LogP) is 1.81. The van der Waals surface area contributed by atoms with Crippen molar-refractivity contribution in [3.8, 4) is 0 Å². The molecular weight excluding hydrogens is 304 g/mol. The van der Waals surface area contributed by atoms with Crippen LogP contribution in [0.1, 0.15) is 24.6 Å². The van der Waals surface area contributed by atoms with Crippen LogP contribution in [-0.4, -0.2) is 43.7 Å². The largest absolute Gasteiger partial charge is 0.355 e. The first-order valence-corrected chi connectivity index (χ1v) is 7.31. The second-order valence-electron chi connectivity index (χ2n) is 5.51. The van der Waals surface area contributed by atoms with E-state index >= 15 is 0 Å². The van der Waals surface area contributed by atoms with E-state index in [2.05, 4.69) is 35.5 Å². The third-order valence-electron chi connectivity index (χ3n) is 4.12. The topological polar surface area (TPSA) is 83.5 Å². The first-order valence-electron chi connectivity index (χ1n) is 7.31. The van der Waals surface area contributed by atoms with E-state index in [-0.39, 0.29) is 5.92 Å². The molecule has 0 spiro atoms. The Morgan fingerprint density at radius 3 is 2.52 bits per heavy atom. The second-order valence-corrected chi connectivity index (χ2v) is 5.51. The highest BCUT2D eigenvalue weighted by Gasteiger charge is 2.24. The molecule has 3 aromatic rings. The molecule has 9 heteroatoms. The maximum atomic E-state index is 13.4. The van der Waals surface area contributed by atoms with Crippen molar-refractivity contribution in [2.75, 3.05) is 18.0 Å². The molecule has 0 aliphatic carbocycles. The summed E-state index contributed by atoms with van der Waals surface area (Å²) in [4.78, 5) is 10.6. The average molecular weight is 317 g/mol. The van der Waals surface area contributed by atoms with Gasteiger partial charge in [-0.15, -0.1) is 10.2 Å². The summed E-state index contributed by atoms with van der Waals surface area (Å²) in [5.41, 5.74) is 0.691. The molecule has 0 unspecified atom stereocenters. The number of fused-ring (bicyclic) bond motifs is 1. The molecule has 0 atom stereocenters. The zero-order valence-corrected chi connectivity index (χ0v) is 12.1. The van der Waals surface area contributed by atoms with Crippen LogP contribution in [0.3, 0.4) is 0 Å². The van der Waals surface area contributed by atoms with Crippen molar-refractivity contribution in [2.24, 2.45) is 0 Å². The third kappa shape index (κ3) is 2.58. The number of hydrogen-bond acceptors (Lipinski definition) is 6. The Bertz CT molecular complexity index is 829. The van der Waals surface area contributed by atoms with Gasteiger partial charge in [-0.1, -0.05) is 5.21 Å². The lowest BCUT2D eigenvalue weighted by Crippen LogP contribution is -2.33. The van der Waals surface area contributed by atoms with Crippen LogP contribution >= 0.6 is 0 Å². The van der Waals surface area contributed by atoms with Gasteiger partial charge in [0.25, 0.3) is 0 Å². The van der Waals surface area contributed by atoms with Crippen molar-refractivity contribution in [3.05, 3.63) is 35.8 Å². The van der Waals surface area contributed by atoms with Crippen LogP contribution in [0.25, 0.3) is 11.0 Å². The normalized spacial score (nSPS) is 16.2. The Balaban J connectivity index is 1.55. The molecule has 4 rings (SSSR count). The van der Waals surface area contributed by atoms with Gasteiger partial charge in [-0.25, -0.2) is 13.8 Å². The minimum Gasteiger partial charge on any atom is -0.355 e. The number of piperidine rings is 1. The molecule has 1 aliphatic heterocycles. The predicted molar refractivity (Wildman–Crippen MR) is 77.8 cm³/mol. The molecule has 1 fully saturated rings. The molecule has 1 saturated heterocycles. The lowest BCUT2D eigenvalue weighted by atomic mass is 9.96. The Hall–Kier alpha value is -2.71. The van der Waals surface area contributed by atoms with Crippen LogP contribution in [0.4, 0.5) is 14.6 Å². The summed E-state index contributed by atoms with van der Waals surface area (Å²) in [5.74, 6) is -0.174. The summed E-state index contributed by atoms with van der Waals surface area (Å²) >= 11 is 0. The Labute approximate surface area is 129 Å². The van der Waals surface area contributed by atoms with Crippen LogP contribution in [0.5, 0.6) is 0 Å². The fraction of sp³-hybridized carbons (Fsp3) is 0.357. The standard InChI is InChI=1S/C14H13F2N7/c15-9-5-11-12(6-10(9)16)18-13(7-17-11)23-3-1-8(2-4-23)14-19-21-22-20-14/h5-8H,1-4H2,(H,19,20,21,22). The fourth-order valence-corrected chi connectivity index (χ4v) is 2.86. The zero-order chi connectivity index (χ0) is 15.8. The molecule has 2 aromatic heterocycles. The van der Waals surface area contributed by atoms with Crippen LogP contribution in [-0.2, 0) is 0 Å². The monoisotopic (exact) mass is 317 g/mol. The summed E-state index contributed by atoms with van der Waals surface area (Å²) in [6.45, 7) is 1.53. The smallest absolute Gasteiger partial charge is 0.177 e. The molecule has 0 bridgehead atoms. The number of hydrogen-bond donors (Lipinski definition) is 1. The first-order chi connectivity index (χ1) is 11.2. The number of aromatic amines is 1. The molecule has 0 radical (unpaired) electrons. The highest BCUT2D eigenvalue weighted by atomic mass is 19.2. The Kier molecular flexibility index (Phi) is 3.32. The molecule has 7 nitrogen and oxygen atoms in total. The Morgan fingerprint density at radius 1 is 1.09 bits per heavy atom. The lowest BCUT2D eigenvalue weighted by molar-refractivity contribution is 0.483. The third-order valence-corrected chi connectivity index (χ3v) is 4.12. The van der Waals surface area contributed by atoms with Gasteiger partial charge in [0.15, 0.2) is 17.5 Å². The van der Waals surface area contributed by atoms with Crippen molar-refractivity contribution in [2.45, 2.75) is 18.8 Å². The van der Waals surface area contributed by atoms with Gasteiger partial charge in [0.05, 0.1) is 17.2 Å². The molecule has 23 heavy (non-hydrogen) atoms. The summed E-state index contributed by atoms with van der Waals surface area (Å²) < 4.78 is 26.6. The molecule has 3 heterocycles. The minimum absolute atomic E-state index is 0.268. The number of nitrogens with zero attached hydrogens (tertiary/aromatic N) is 6. The molecule has 1 aromatic carbocycles. The van der Waals surface area contributed by atoms with Crippen LogP contribution in [0.2, 0.25) is 0 Å². The van der Waals surface area contributed by atoms with Crippen molar-refractivity contribution in [1.29, 1.82) is 0 Å². The van der Waals surface area contributed by atoms with Gasteiger partial charge in [-0.3, -0.25) is 4.98 Å². The van der Waals surface area contributed by atoms with E-state index in [0.29, 0.717) is 16.9 Å². The van der Waals surface area contributed by atoms with Gasteiger partial charge >= 0.3 is 0 Å². The maximum Gasteiger partial charge on any atom is 0.177 e. The maximum absolute atomic E-state index is 13.4. The summed E-state index contributed by atoms with van der Waals surface area (Å²) in [7, 11) is 0. The van der Waals surface area contributed by atoms with E-state index in [4.69, 9.17) is 0 Å². The van der Waals surface area contributed by atoms with E-state index in [1.165, 1.54) is 0 Å². The number of benzene rings is 1. The summed E-state index contributed by atoms with van der Waals surface area (Å²) in [5, 5.41) is 14.1. The van der Waals surface area contributed by atoms with Crippen molar-refractivity contribution in [1.82, 2.24) is 30.6 Å². The van der Waals surface area contributed by atoms with Crippen molar-refractivity contribution in [3.63, 3.8) is 0 Å². The highest BCUT2D eigenvalue weighted by molar-refractivity contribution is 5.75. The summed E-state index contributed by atoms with van der Waals surface area (Å²) in [6.07, 6.45) is 3.34. The lowest BCUT2D eigenvalue weighted by Gasteiger charge is -2.31. The quantitative estimate of drug-likeness (QED) is 0.776. The van der Waals surface area contributed by atoms with Gasteiger partial charge < -0.3 is 4.90 Å². The van der Waals surface area contributed by atoms with Gasteiger partial charge in [-0.05, 0) is 12.8 Å². The van der Waals surface area contributed by atoms with E-state index < -0.39 is 11.6 Å². The molecule has 0 amide bonds. The first kappa shape index (κ1) is 13.9. The van der Waals surface area contributed by atoms with Gasteiger partial charge in [-0.2, -0.15) is 5.21 Å². The summed E-state index contributed by atoms with van der Waals surface area (Å²) in [6, 6.07) is 2.14.